The Morgan fingerprint density at radius 1 is 1.42 bits per heavy atom. The maximum absolute atomic E-state index is 11.8. The molecule has 7 nitrogen and oxygen atoms in total. The zero-order valence-corrected chi connectivity index (χ0v) is 10.4. The summed E-state index contributed by atoms with van der Waals surface area (Å²) in [7, 11) is 0. The number of nitrogen functional groups attached to an aromatic ring is 1. The number of aromatic nitrogens is 1. The minimum atomic E-state index is -1.11. The number of nitrogens with two attached hydrogens (primary N) is 1. The smallest absolute Gasteiger partial charge is 0.337 e. The minimum absolute atomic E-state index is 0.0155. The summed E-state index contributed by atoms with van der Waals surface area (Å²) in [5.41, 5.74) is 5.76. The van der Waals surface area contributed by atoms with E-state index in [0.717, 1.165) is 25.9 Å². The predicted octanol–water partition coefficient (Wildman–Crippen LogP) is 0.396. The van der Waals surface area contributed by atoms with Gasteiger partial charge in [-0.1, -0.05) is 0 Å². The Kier molecular flexibility index (Phi) is 3.84. The van der Waals surface area contributed by atoms with Gasteiger partial charge in [0.25, 0.3) is 0 Å². The Morgan fingerprint density at radius 3 is 2.74 bits per heavy atom. The molecular formula is C12H16N4O3. The van der Waals surface area contributed by atoms with Crippen LogP contribution in [0.5, 0.6) is 0 Å². The van der Waals surface area contributed by atoms with Gasteiger partial charge in [0.05, 0.1) is 24.0 Å². The third-order valence-corrected chi connectivity index (χ3v) is 3.04. The van der Waals surface area contributed by atoms with Gasteiger partial charge >= 0.3 is 5.97 Å². The Morgan fingerprint density at radius 2 is 2.11 bits per heavy atom. The average molecular weight is 264 g/mol. The molecule has 2 rings (SSSR count). The van der Waals surface area contributed by atoms with Crippen molar-refractivity contribution in [3.05, 3.63) is 17.8 Å². The van der Waals surface area contributed by atoms with Gasteiger partial charge < -0.3 is 21.1 Å². The Bertz CT molecular complexity index is 498. The van der Waals surface area contributed by atoms with Gasteiger partial charge in [-0.3, -0.25) is 4.79 Å². The minimum Gasteiger partial charge on any atom is -0.478 e. The number of nitrogens with zero attached hydrogens (tertiary/aromatic N) is 2. The van der Waals surface area contributed by atoms with Crippen molar-refractivity contribution >= 4 is 23.4 Å². The quantitative estimate of drug-likeness (QED) is 0.726. The Hall–Kier alpha value is -2.31. The highest BCUT2D eigenvalue weighted by Crippen LogP contribution is 2.16. The molecule has 2 heterocycles. The zero-order valence-electron chi connectivity index (χ0n) is 10.4. The first-order valence-electron chi connectivity index (χ1n) is 6.08. The summed E-state index contributed by atoms with van der Waals surface area (Å²) in [4.78, 5) is 28.5. The molecule has 1 saturated heterocycles. The van der Waals surface area contributed by atoms with E-state index in [0.29, 0.717) is 5.69 Å². The topological polar surface area (TPSA) is 109 Å². The lowest BCUT2D eigenvalue weighted by Gasteiger charge is -2.16. The molecule has 1 amide bonds. The molecule has 0 unspecified atom stereocenters. The van der Waals surface area contributed by atoms with E-state index in [9.17, 15) is 9.59 Å². The molecule has 0 radical (unpaired) electrons. The first kappa shape index (κ1) is 13.1. The van der Waals surface area contributed by atoms with Gasteiger partial charge in [-0.15, -0.1) is 0 Å². The molecule has 7 heteroatoms. The van der Waals surface area contributed by atoms with E-state index in [2.05, 4.69) is 10.3 Å². The second-order valence-electron chi connectivity index (χ2n) is 4.40. The number of pyridine rings is 1. The van der Waals surface area contributed by atoms with Crippen molar-refractivity contribution in [2.45, 2.75) is 12.8 Å². The lowest BCUT2D eigenvalue weighted by Crippen LogP contribution is -2.33. The molecule has 1 aliphatic heterocycles. The van der Waals surface area contributed by atoms with Crippen molar-refractivity contribution in [2.75, 3.05) is 30.7 Å². The van der Waals surface area contributed by atoms with Crippen LogP contribution in [0, 0.1) is 0 Å². The van der Waals surface area contributed by atoms with Gasteiger partial charge in [0.1, 0.15) is 5.82 Å². The SMILES string of the molecule is Nc1cc(C(=O)O)c(NCC(=O)N2CCCC2)cn1. The second-order valence-corrected chi connectivity index (χ2v) is 4.40. The summed E-state index contributed by atoms with van der Waals surface area (Å²) in [5, 5.41) is 11.9. The van der Waals surface area contributed by atoms with Crippen LogP contribution in [-0.4, -0.2) is 46.5 Å². The number of carboxylic acids is 1. The van der Waals surface area contributed by atoms with Gasteiger partial charge in [0, 0.05) is 13.1 Å². The largest absolute Gasteiger partial charge is 0.478 e. The van der Waals surface area contributed by atoms with E-state index in [-0.39, 0.29) is 23.8 Å². The first-order chi connectivity index (χ1) is 9.08. The molecule has 0 atom stereocenters. The number of hydrogen-bond donors (Lipinski definition) is 3. The molecule has 1 aliphatic rings. The van der Waals surface area contributed by atoms with E-state index in [1.165, 1.54) is 12.3 Å². The molecule has 0 spiro atoms. The van der Waals surface area contributed by atoms with Crippen LogP contribution in [-0.2, 0) is 4.79 Å². The van der Waals surface area contributed by atoms with Gasteiger partial charge in [-0.05, 0) is 18.9 Å². The van der Waals surface area contributed by atoms with Crippen LogP contribution in [0.15, 0.2) is 12.3 Å². The summed E-state index contributed by atoms with van der Waals surface area (Å²) in [6.45, 7) is 1.60. The number of carbonyl (C=O) groups is 2. The van der Waals surface area contributed by atoms with Crippen LogP contribution in [0.1, 0.15) is 23.2 Å². The Labute approximate surface area is 110 Å². The number of carbonyl (C=O) groups excluding carboxylic acids is 1. The normalized spacial score (nSPS) is 14.4. The second kappa shape index (κ2) is 5.55. The highest BCUT2D eigenvalue weighted by Gasteiger charge is 2.18. The van der Waals surface area contributed by atoms with E-state index in [1.807, 2.05) is 0 Å². The van der Waals surface area contributed by atoms with Crippen LogP contribution in [0.2, 0.25) is 0 Å². The average Bonchev–Trinajstić information content (AvgIpc) is 2.90. The lowest BCUT2D eigenvalue weighted by atomic mass is 10.2. The number of hydrogen-bond acceptors (Lipinski definition) is 5. The third kappa shape index (κ3) is 3.12. The summed E-state index contributed by atoms with van der Waals surface area (Å²) in [6, 6.07) is 1.27. The number of likely N-dealkylation sites (tertiary alicyclic amines) is 1. The number of rotatable bonds is 4. The van der Waals surface area contributed by atoms with Crippen LogP contribution in [0.3, 0.4) is 0 Å². The summed E-state index contributed by atoms with van der Waals surface area (Å²) in [5.74, 6) is -1.01. The van der Waals surface area contributed by atoms with Crippen molar-refractivity contribution in [2.24, 2.45) is 0 Å². The van der Waals surface area contributed by atoms with E-state index in [1.54, 1.807) is 4.90 Å². The van der Waals surface area contributed by atoms with Crippen molar-refractivity contribution in [3.63, 3.8) is 0 Å². The predicted molar refractivity (Wildman–Crippen MR) is 69.9 cm³/mol. The van der Waals surface area contributed by atoms with Crippen LogP contribution in [0.25, 0.3) is 0 Å². The zero-order chi connectivity index (χ0) is 13.8. The van der Waals surface area contributed by atoms with Crippen LogP contribution >= 0.6 is 0 Å². The van der Waals surface area contributed by atoms with E-state index in [4.69, 9.17) is 10.8 Å². The molecule has 0 saturated carbocycles. The number of carboxylic acid groups (broad SMARTS) is 1. The number of anilines is 2. The van der Waals surface area contributed by atoms with Gasteiger partial charge in [-0.25, -0.2) is 9.78 Å². The number of amides is 1. The van der Waals surface area contributed by atoms with Crippen molar-refractivity contribution < 1.29 is 14.7 Å². The van der Waals surface area contributed by atoms with Gasteiger partial charge in [0.15, 0.2) is 0 Å². The Balaban J connectivity index is 2.02. The molecule has 0 aromatic carbocycles. The maximum Gasteiger partial charge on any atom is 0.337 e. The van der Waals surface area contributed by atoms with Gasteiger partial charge in [0.2, 0.25) is 5.91 Å². The van der Waals surface area contributed by atoms with Gasteiger partial charge in [-0.2, -0.15) is 0 Å². The molecular weight excluding hydrogens is 248 g/mol. The van der Waals surface area contributed by atoms with Crippen LogP contribution in [0.4, 0.5) is 11.5 Å². The summed E-state index contributed by atoms with van der Waals surface area (Å²) in [6.07, 6.45) is 3.38. The fraction of sp³-hybridized carbons (Fsp3) is 0.417. The highest BCUT2D eigenvalue weighted by atomic mass is 16.4. The van der Waals surface area contributed by atoms with Crippen molar-refractivity contribution in [3.8, 4) is 0 Å². The molecule has 4 N–H and O–H groups in total. The highest BCUT2D eigenvalue weighted by molar-refractivity contribution is 5.95. The number of aromatic carboxylic acids is 1. The monoisotopic (exact) mass is 264 g/mol. The maximum atomic E-state index is 11.8. The van der Waals surface area contributed by atoms with Crippen LogP contribution < -0.4 is 11.1 Å². The summed E-state index contributed by atoms with van der Waals surface area (Å²) >= 11 is 0. The first-order valence-corrected chi connectivity index (χ1v) is 6.08. The molecule has 102 valence electrons. The van der Waals surface area contributed by atoms with E-state index >= 15 is 0 Å². The molecule has 1 aromatic heterocycles. The molecule has 1 fully saturated rings. The molecule has 1 aromatic rings. The molecule has 0 aliphatic carbocycles. The fourth-order valence-corrected chi connectivity index (χ4v) is 2.04. The number of nitrogens with one attached hydrogen (secondary N) is 1. The fourth-order valence-electron chi connectivity index (χ4n) is 2.04. The standard InChI is InChI=1S/C12H16N4O3/c13-10-5-8(12(18)19)9(6-15-10)14-7-11(17)16-3-1-2-4-16/h5-6,14H,1-4,7H2,(H2,13,15)(H,18,19). The van der Waals surface area contributed by atoms with E-state index < -0.39 is 5.97 Å². The lowest BCUT2D eigenvalue weighted by molar-refractivity contribution is -0.128. The summed E-state index contributed by atoms with van der Waals surface area (Å²) < 4.78 is 0. The van der Waals surface area contributed by atoms with Crippen molar-refractivity contribution in [1.29, 1.82) is 0 Å². The third-order valence-electron chi connectivity index (χ3n) is 3.04. The molecule has 0 bridgehead atoms. The van der Waals surface area contributed by atoms with Crippen molar-refractivity contribution in [1.82, 2.24) is 9.88 Å². The molecule has 19 heavy (non-hydrogen) atoms.